The molecule has 0 aliphatic carbocycles. The molecule has 1 aromatic rings. The van der Waals surface area contributed by atoms with Crippen molar-refractivity contribution in [2.75, 3.05) is 12.4 Å². The number of alkyl halides is 1. The van der Waals surface area contributed by atoms with Gasteiger partial charge in [-0.05, 0) is 24.1 Å². The van der Waals surface area contributed by atoms with E-state index < -0.39 is 12.2 Å². The van der Waals surface area contributed by atoms with Crippen LogP contribution in [0.15, 0.2) is 24.3 Å². The van der Waals surface area contributed by atoms with Gasteiger partial charge in [0.2, 0.25) is 0 Å². The number of halogens is 1. The van der Waals surface area contributed by atoms with E-state index in [2.05, 4.69) is 0 Å². The van der Waals surface area contributed by atoms with E-state index in [4.69, 9.17) is 17.3 Å². The number of hydrogen-bond acceptors (Lipinski definition) is 3. The molecule has 15 heavy (non-hydrogen) atoms. The van der Waals surface area contributed by atoms with Gasteiger partial charge in [0.15, 0.2) is 0 Å². The molecule has 0 spiro atoms. The Morgan fingerprint density at radius 2 is 2.07 bits per heavy atom. The highest BCUT2D eigenvalue weighted by Gasteiger charge is 2.17. The summed E-state index contributed by atoms with van der Waals surface area (Å²) >= 11 is 5.47. The zero-order valence-corrected chi connectivity index (χ0v) is 9.19. The van der Waals surface area contributed by atoms with Crippen molar-refractivity contribution in [3.05, 3.63) is 35.4 Å². The average Bonchev–Trinajstić information content (AvgIpc) is 2.28. The maximum atomic E-state index is 9.72. The number of aliphatic hydroxyl groups excluding tert-OH is 2. The van der Waals surface area contributed by atoms with E-state index in [-0.39, 0.29) is 5.88 Å². The molecule has 1 aromatic carbocycles. The summed E-state index contributed by atoms with van der Waals surface area (Å²) in [4.78, 5) is 0. The van der Waals surface area contributed by atoms with Crippen molar-refractivity contribution in [3.63, 3.8) is 0 Å². The van der Waals surface area contributed by atoms with Crippen LogP contribution >= 0.6 is 11.6 Å². The molecule has 4 N–H and O–H groups in total. The Morgan fingerprint density at radius 3 is 2.67 bits per heavy atom. The Hall–Kier alpha value is -0.610. The molecular formula is C11H16ClNO2. The summed E-state index contributed by atoms with van der Waals surface area (Å²) in [6.07, 6.45) is -1.10. The summed E-state index contributed by atoms with van der Waals surface area (Å²) in [5, 5.41) is 19.1. The van der Waals surface area contributed by atoms with Gasteiger partial charge in [-0.1, -0.05) is 24.3 Å². The lowest BCUT2D eigenvalue weighted by Crippen LogP contribution is -2.19. The highest BCUT2D eigenvalue weighted by Crippen LogP contribution is 2.19. The molecule has 0 saturated heterocycles. The van der Waals surface area contributed by atoms with Crippen LogP contribution in [0.5, 0.6) is 0 Å². The smallest absolute Gasteiger partial charge is 0.106 e. The van der Waals surface area contributed by atoms with E-state index in [1.54, 1.807) is 6.07 Å². The Kier molecular flexibility index (Phi) is 5.05. The van der Waals surface area contributed by atoms with E-state index in [9.17, 15) is 10.2 Å². The Bertz CT molecular complexity index is 306. The lowest BCUT2D eigenvalue weighted by atomic mass is 10.0. The molecule has 2 unspecified atom stereocenters. The Labute approximate surface area is 94.5 Å². The van der Waals surface area contributed by atoms with Crippen LogP contribution in [0.1, 0.15) is 17.2 Å². The number of hydrogen-bond donors (Lipinski definition) is 3. The number of rotatable bonds is 5. The van der Waals surface area contributed by atoms with E-state index >= 15 is 0 Å². The summed E-state index contributed by atoms with van der Waals surface area (Å²) in [5.41, 5.74) is 7.17. The van der Waals surface area contributed by atoms with Gasteiger partial charge in [0.25, 0.3) is 0 Å². The summed E-state index contributed by atoms with van der Waals surface area (Å²) < 4.78 is 0. The van der Waals surface area contributed by atoms with Gasteiger partial charge >= 0.3 is 0 Å². The van der Waals surface area contributed by atoms with Crippen LogP contribution in [0, 0.1) is 0 Å². The first kappa shape index (κ1) is 12.5. The zero-order valence-electron chi connectivity index (χ0n) is 8.44. The summed E-state index contributed by atoms with van der Waals surface area (Å²) in [7, 11) is 0. The molecule has 0 heterocycles. The van der Waals surface area contributed by atoms with E-state index in [1.807, 2.05) is 18.2 Å². The van der Waals surface area contributed by atoms with Gasteiger partial charge in [-0.3, -0.25) is 0 Å². The average molecular weight is 230 g/mol. The van der Waals surface area contributed by atoms with Crippen LogP contribution in [0.3, 0.4) is 0 Å². The lowest BCUT2D eigenvalue weighted by Gasteiger charge is -2.16. The zero-order chi connectivity index (χ0) is 11.3. The SMILES string of the molecule is NCCc1cccc(C(O)C(O)CCl)c1. The van der Waals surface area contributed by atoms with Gasteiger partial charge in [-0.25, -0.2) is 0 Å². The minimum absolute atomic E-state index is 0.0162. The van der Waals surface area contributed by atoms with E-state index in [1.165, 1.54) is 0 Å². The van der Waals surface area contributed by atoms with Crippen LogP contribution in [0.25, 0.3) is 0 Å². The fraction of sp³-hybridized carbons (Fsp3) is 0.455. The number of aliphatic hydroxyl groups is 2. The predicted octanol–water partition coefficient (Wildman–Crippen LogP) is 0.821. The van der Waals surface area contributed by atoms with Gasteiger partial charge in [0, 0.05) is 0 Å². The molecule has 0 aliphatic rings. The monoisotopic (exact) mass is 229 g/mol. The van der Waals surface area contributed by atoms with Crippen LogP contribution in [0.4, 0.5) is 0 Å². The normalized spacial score (nSPS) is 14.9. The van der Waals surface area contributed by atoms with E-state index in [0.29, 0.717) is 12.1 Å². The highest BCUT2D eigenvalue weighted by molar-refractivity contribution is 6.18. The second kappa shape index (κ2) is 6.08. The molecule has 4 heteroatoms. The topological polar surface area (TPSA) is 66.5 Å². The molecule has 0 fully saturated rings. The fourth-order valence-corrected chi connectivity index (χ4v) is 1.57. The number of nitrogens with two attached hydrogens (primary N) is 1. The Balaban J connectivity index is 2.80. The third-order valence-electron chi connectivity index (χ3n) is 2.25. The summed E-state index contributed by atoms with van der Waals surface area (Å²) in [6.45, 7) is 0.567. The van der Waals surface area contributed by atoms with Crippen molar-refractivity contribution in [1.82, 2.24) is 0 Å². The summed E-state index contributed by atoms with van der Waals surface area (Å²) in [5.74, 6) is 0.0162. The minimum Gasteiger partial charge on any atom is -0.389 e. The van der Waals surface area contributed by atoms with Crippen molar-refractivity contribution in [3.8, 4) is 0 Å². The van der Waals surface area contributed by atoms with Crippen LogP contribution in [-0.4, -0.2) is 28.7 Å². The van der Waals surface area contributed by atoms with Gasteiger partial charge < -0.3 is 15.9 Å². The molecule has 0 saturated carbocycles. The molecular weight excluding hydrogens is 214 g/mol. The second-order valence-corrected chi connectivity index (χ2v) is 3.76. The summed E-state index contributed by atoms with van der Waals surface area (Å²) in [6, 6.07) is 7.38. The lowest BCUT2D eigenvalue weighted by molar-refractivity contribution is 0.0327. The third kappa shape index (κ3) is 3.47. The largest absolute Gasteiger partial charge is 0.389 e. The standard InChI is InChI=1S/C11H16ClNO2/c12-7-10(14)11(15)9-3-1-2-8(6-9)4-5-13/h1-3,6,10-11,14-15H,4-5,7,13H2. The second-order valence-electron chi connectivity index (χ2n) is 3.45. The van der Waals surface area contributed by atoms with Gasteiger partial charge in [0.1, 0.15) is 6.10 Å². The quantitative estimate of drug-likeness (QED) is 0.655. The molecule has 0 bridgehead atoms. The molecule has 0 radical (unpaired) electrons. The number of benzene rings is 1. The van der Waals surface area contributed by atoms with Crippen molar-refractivity contribution in [2.24, 2.45) is 5.73 Å². The van der Waals surface area contributed by atoms with Gasteiger partial charge in [-0.15, -0.1) is 11.6 Å². The van der Waals surface area contributed by atoms with Crippen molar-refractivity contribution in [2.45, 2.75) is 18.6 Å². The first-order valence-corrected chi connectivity index (χ1v) is 5.43. The molecule has 1 rings (SSSR count). The van der Waals surface area contributed by atoms with Crippen molar-refractivity contribution >= 4 is 11.6 Å². The van der Waals surface area contributed by atoms with Crippen molar-refractivity contribution in [1.29, 1.82) is 0 Å². The molecule has 3 nitrogen and oxygen atoms in total. The third-order valence-corrected chi connectivity index (χ3v) is 2.56. The molecule has 0 aromatic heterocycles. The highest BCUT2D eigenvalue weighted by atomic mass is 35.5. The van der Waals surface area contributed by atoms with Crippen molar-refractivity contribution < 1.29 is 10.2 Å². The van der Waals surface area contributed by atoms with Crippen LogP contribution in [-0.2, 0) is 6.42 Å². The van der Waals surface area contributed by atoms with Crippen LogP contribution in [0.2, 0.25) is 0 Å². The van der Waals surface area contributed by atoms with E-state index in [0.717, 1.165) is 12.0 Å². The Morgan fingerprint density at radius 1 is 1.33 bits per heavy atom. The fourth-order valence-electron chi connectivity index (χ4n) is 1.41. The maximum Gasteiger partial charge on any atom is 0.106 e. The minimum atomic E-state index is -0.931. The molecule has 0 aliphatic heterocycles. The first-order valence-electron chi connectivity index (χ1n) is 4.90. The van der Waals surface area contributed by atoms with Gasteiger partial charge in [-0.2, -0.15) is 0 Å². The maximum absolute atomic E-state index is 9.72. The first-order chi connectivity index (χ1) is 7.19. The van der Waals surface area contributed by atoms with Crippen LogP contribution < -0.4 is 5.73 Å². The molecule has 2 atom stereocenters. The molecule has 0 amide bonds. The molecule has 84 valence electrons. The predicted molar refractivity (Wildman–Crippen MR) is 60.9 cm³/mol. The van der Waals surface area contributed by atoms with Gasteiger partial charge in [0.05, 0.1) is 12.0 Å².